The third kappa shape index (κ3) is 34.0. The van der Waals surface area contributed by atoms with Crippen LogP contribution in [0.5, 0.6) is 5.75 Å². The van der Waals surface area contributed by atoms with Gasteiger partial charge in [-0.1, -0.05) is 145 Å². The van der Waals surface area contributed by atoms with Crippen molar-refractivity contribution in [1.29, 1.82) is 0 Å². The molecule has 256 valence electrons. The summed E-state index contributed by atoms with van der Waals surface area (Å²) >= 11 is -2.00. The molecule has 0 aromatic heterocycles. The summed E-state index contributed by atoms with van der Waals surface area (Å²) < 4.78 is 54.4. The molecule has 2 N–H and O–H groups in total. The minimum atomic E-state index is -4.23. The molecule has 0 saturated carbocycles. The molecule has 3 aromatic carbocycles. The molecule has 0 spiro atoms. The molecule has 3 aromatic rings. The summed E-state index contributed by atoms with van der Waals surface area (Å²) in [6.07, 6.45) is 14.3. The Morgan fingerprint density at radius 2 is 1.09 bits per heavy atom. The molecule has 0 radical (unpaired) electrons. The standard InChI is InChI=1S/C12H26O4S.C9H12.C8H8O3.C6H6.2O.Ti/c1-2-3-4-5-6-7-8-9-10-11-12-16-17(13,14)15;1-2-6-9-7-4-3-5-8-9;1-11-8(10)6-2-4-7(9)5-3-6;1-2-4-6-5-3-1;;;/h2-12H2,1H3,(H,13,14,15);3-5,7-8H,2,6H2,1H3;2-5,9H,1H3;1-6H;;;. The Kier molecular flexibility index (Phi) is 32.9. The van der Waals surface area contributed by atoms with Crippen LogP contribution >= 0.6 is 0 Å². The Balaban J connectivity index is 0. The average molecular weight is 697 g/mol. The molecule has 46 heavy (non-hydrogen) atoms. The van der Waals surface area contributed by atoms with Gasteiger partial charge in [0.15, 0.2) is 0 Å². The smallest absolute Gasteiger partial charge is 0.0623 e. The summed E-state index contributed by atoms with van der Waals surface area (Å²) in [4.78, 5) is 10.8. The van der Waals surface area contributed by atoms with Gasteiger partial charge in [0.2, 0.25) is 0 Å². The van der Waals surface area contributed by atoms with Crippen LogP contribution in [0.1, 0.15) is 100 Å². The van der Waals surface area contributed by atoms with Crippen molar-refractivity contribution in [1.82, 2.24) is 0 Å². The van der Waals surface area contributed by atoms with Gasteiger partial charge in [0.25, 0.3) is 0 Å². The van der Waals surface area contributed by atoms with E-state index in [9.17, 15) is 13.2 Å². The van der Waals surface area contributed by atoms with E-state index in [0.717, 1.165) is 12.8 Å². The van der Waals surface area contributed by atoms with Crippen molar-refractivity contribution in [3.63, 3.8) is 0 Å². The van der Waals surface area contributed by atoms with Crippen LogP contribution in [-0.4, -0.2) is 37.8 Å². The second kappa shape index (κ2) is 33.5. The van der Waals surface area contributed by atoms with Gasteiger partial charge < -0.3 is 9.84 Å². The Morgan fingerprint density at radius 3 is 1.48 bits per heavy atom. The van der Waals surface area contributed by atoms with Gasteiger partial charge in [0, 0.05) is 0 Å². The summed E-state index contributed by atoms with van der Waals surface area (Å²) in [6, 6.07) is 28.4. The fourth-order valence-electron chi connectivity index (χ4n) is 3.79. The van der Waals surface area contributed by atoms with Crippen LogP contribution in [0.4, 0.5) is 0 Å². The van der Waals surface area contributed by atoms with Crippen molar-refractivity contribution in [3.05, 3.63) is 102 Å². The maximum absolute atomic E-state index is 10.8. The van der Waals surface area contributed by atoms with Gasteiger partial charge in [-0.3, -0.25) is 4.55 Å². The van der Waals surface area contributed by atoms with E-state index in [0.29, 0.717) is 12.0 Å². The number of benzene rings is 3. The fraction of sp³-hybridized carbons (Fsp3) is 0.457. The molecule has 0 aliphatic rings. The van der Waals surface area contributed by atoms with Gasteiger partial charge in [-0.05, 0) is 42.7 Å². The quantitative estimate of drug-likeness (QED) is 0.0688. The maximum atomic E-state index is 10.8. The number of rotatable bonds is 15. The number of ether oxygens (including phenoxy) is 1. The van der Waals surface area contributed by atoms with E-state index in [1.165, 1.54) is 94.7 Å². The van der Waals surface area contributed by atoms with Crippen LogP contribution in [0.2, 0.25) is 0 Å². The Morgan fingerprint density at radius 1 is 0.674 bits per heavy atom. The fourth-order valence-corrected chi connectivity index (χ4v) is 4.12. The second-order valence-corrected chi connectivity index (χ2v) is 11.3. The monoisotopic (exact) mass is 696 g/mol. The van der Waals surface area contributed by atoms with E-state index in [-0.39, 0.29) is 12.4 Å². The van der Waals surface area contributed by atoms with E-state index in [2.05, 4.69) is 53.1 Å². The van der Waals surface area contributed by atoms with Crippen LogP contribution in [0.25, 0.3) is 0 Å². The van der Waals surface area contributed by atoms with Gasteiger partial charge in [-0.2, -0.15) is 8.42 Å². The Labute approximate surface area is 285 Å². The molecule has 0 aliphatic carbocycles. The van der Waals surface area contributed by atoms with Crippen molar-refractivity contribution in [2.75, 3.05) is 13.7 Å². The zero-order chi connectivity index (χ0) is 34.7. The number of methoxy groups -OCH3 is 1. The van der Waals surface area contributed by atoms with E-state index >= 15 is 0 Å². The zero-order valence-corrected chi connectivity index (χ0v) is 29.9. The van der Waals surface area contributed by atoms with Crippen molar-refractivity contribution in [3.8, 4) is 5.75 Å². The molecule has 0 aliphatic heterocycles. The largest absolute Gasteiger partial charge is 0.0623 e. The molecule has 0 fully saturated rings. The molecule has 11 heteroatoms. The van der Waals surface area contributed by atoms with E-state index in [1.54, 1.807) is 0 Å². The molecule has 0 unspecified atom stereocenters. The van der Waals surface area contributed by atoms with Crippen LogP contribution in [-0.2, 0) is 51.5 Å². The number of hydrogen-bond acceptors (Lipinski definition) is 8. The molecular weight excluding hydrogens is 644 g/mol. The molecule has 0 bridgehead atoms. The van der Waals surface area contributed by atoms with E-state index < -0.39 is 35.5 Å². The van der Waals surface area contributed by atoms with Crippen LogP contribution in [0.15, 0.2) is 91.0 Å². The number of carbonyl (C=O) groups excluding carboxylic acids is 1. The molecule has 0 amide bonds. The van der Waals surface area contributed by atoms with E-state index in [4.69, 9.17) is 16.3 Å². The first kappa shape index (κ1) is 45.2. The number of phenols is 1. The minimum absolute atomic E-state index is 0.0926. The summed E-state index contributed by atoms with van der Waals surface area (Å²) in [6.45, 7) is 4.51. The third-order valence-corrected chi connectivity index (χ3v) is 6.53. The van der Waals surface area contributed by atoms with Gasteiger partial charge in [0.1, 0.15) is 5.75 Å². The number of aryl methyl sites for hydroxylation is 1. The molecule has 0 heterocycles. The predicted molar refractivity (Wildman–Crippen MR) is 177 cm³/mol. The van der Waals surface area contributed by atoms with Crippen molar-refractivity contribution < 1.29 is 57.5 Å². The molecular formula is C35H52O9STi. The van der Waals surface area contributed by atoms with Crippen molar-refractivity contribution >= 4 is 16.4 Å². The van der Waals surface area contributed by atoms with Crippen LogP contribution in [0, 0.1) is 0 Å². The summed E-state index contributed by atoms with van der Waals surface area (Å²) in [5.74, 6) is -0.261. The van der Waals surface area contributed by atoms with E-state index in [1.807, 2.05) is 36.4 Å². The van der Waals surface area contributed by atoms with Crippen LogP contribution < -0.4 is 0 Å². The first-order chi connectivity index (χ1) is 22.1. The van der Waals surface area contributed by atoms with Crippen molar-refractivity contribution in [2.24, 2.45) is 0 Å². The van der Waals surface area contributed by atoms with Gasteiger partial charge >= 0.3 is 42.1 Å². The second-order valence-electron chi connectivity index (χ2n) is 9.94. The number of esters is 1. The van der Waals surface area contributed by atoms with Crippen LogP contribution in [0.3, 0.4) is 0 Å². The number of hydrogen-bond donors (Lipinski definition) is 2. The first-order valence-corrected chi connectivity index (χ1v) is 18.3. The topological polar surface area (TPSA) is 144 Å². The van der Waals surface area contributed by atoms with Gasteiger partial charge in [0.05, 0.1) is 19.3 Å². The Bertz CT molecular complexity index is 1190. The Hall–Kier alpha value is -2.89. The molecule has 0 saturated heterocycles. The first-order valence-electron chi connectivity index (χ1n) is 15.7. The maximum Gasteiger partial charge on any atom is -0.0623 e. The molecule has 3 rings (SSSR count). The average Bonchev–Trinajstić information content (AvgIpc) is 3.06. The van der Waals surface area contributed by atoms with Crippen molar-refractivity contribution in [2.45, 2.75) is 90.9 Å². The number of phenolic OH excluding ortho intramolecular Hbond substituents is 1. The summed E-state index contributed by atoms with van der Waals surface area (Å²) in [5, 5.41) is 8.86. The number of aromatic hydroxyl groups is 1. The summed E-state index contributed by atoms with van der Waals surface area (Å²) in [5.41, 5.74) is 1.88. The minimum Gasteiger partial charge on any atom is -0.0623 e. The van der Waals surface area contributed by atoms with Gasteiger partial charge in [-0.25, -0.2) is 8.98 Å². The molecule has 9 nitrogen and oxygen atoms in total. The van der Waals surface area contributed by atoms with Gasteiger partial charge in [-0.15, -0.1) is 0 Å². The molecule has 0 atom stereocenters. The zero-order valence-electron chi connectivity index (χ0n) is 27.5. The predicted octanol–water partition coefficient (Wildman–Crippen LogP) is 8.99. The SMILES string of the molecule is CCCCCCCCCCCCOS(=O)(=O)O.CCCc1ccccc1.COC(=O)c1ccc(O)cc1.[O]=[Ti]=[O].c1ccccc1. The summed E-state index contributed by atoms with van der Waals surface area (Å²) in [7, 11) is -2.92. The number of carbonyl (C=O) groups is 1. The number of unbranched alkanes of at least 4 members (excludes halogenated alkanes) is 9. The normalized spacial score (nSPS) is 9.65. The third-order valence-electron chi connectivity index (χ3n) is 6.07.